The molecule has 18 heavy (non-hydrogen) atoms. The molecule has 0 atom stereocenters. The maximum Gasteiger partial charge on any atom is 0.126 e. The van der Waals surface area contributed by atoms with Crippen molar-refractivity contribution >= 4 is 33.3 Å². The Morgan fingerprint density at radius 3 is 2.72 bits per heavy atom. The number of anilines is 1. The van der Waals surface area contributed by atoms with Gasteiger partial charge in [0.2, 0.25) is 0 Å². The lowest BCUT2D eigenvalue weighted by Gasteiger charge is -2.35. The Morgan fingerprint density at radius 2 is 2.11 bits per heavy atom. The van der Waals surface area contributed by atoms with Gasteiger partial charge in [0.15, 0.2) is 0 Å². The van der Waals surface area contributed by atoms with Gasteiger partial charge in [-0.15, -0.1) is 11.6 Å². The second-order valence-electron chi connectivity index (χ2n) is 5.37. The number of hydrogen-bond acceptors (Lipinski definition) is 2. The predicted octanol–water partition coefficient (Wildman–Crippen LogP) is 4.75. The number of nitrogens with zero attached hydrogens (tertiary/aromatic N) is 1. The number of alkyl halides is 1. The zero-order chi connectivity index (χ0) is 13.0. The molecule has 0 spiro atoms. The molecule has 1 saturated carbocycles. The summed E-state index contributed by atoms with van der Waals surface area (Å²) in [6, 6.07) is 2.08. The zero-order valence-corrected chi connectivity index (χ0v) is 13.1. The van der Waals surface area contributed by atoms with Crippen molar-refractivity contribution in [2.45, 2.75) is 39.0 Å². The van der Waals surface area contributed by atoms with E-state index in [-0.39, 0.29) is 5.41 Å². The van der Waals surface area contributed by atoms with E-state index in [4.69, 9.17) is 11.6 Å². The standard InChI is InChI=1S/C14H20BrClN2/c1-11-7-13(17-8-12(11)15)18-10-14(9-16)5-3-2-4-6-14/h7-8H,2-6,9-10H2,1H3,(H,17,18). The number of hydrogen-bond donors (Lipinski definition) is 1. The zero-order valence-electron chi connectivity index (χ0n) is 10.8. The van der Waals surface area contributed by atoms with Gasteiger partial charge in [-0.3, -0.25) is 0 Å². The SMILES string of the molecule is Cc1cc(NCC2(CCl)CCCCC2)ncc1Br. The fraction of sp³-hybridized carbons (Fsp3) is 0.643. The highest BCUT2D eigenvalue weighted by Gasteiger charge is 2.30. The molecule has 0 saturated heterocycles. The smallest absolute Gasteiger partial charge is 0.126 e. The fourth-order valence-electron chi connectivity index (χ4n) is 2.57. The van der Waals surface area contributed by atoms with E-state index in [1.54, 1.807) is 0 Å². The highest BCUT2D eigenvalue weighted by Crippen LogP contribution is 2.37. The molecule has 1 aromatic rings. The van der Waals surface area contributed by atoms with Crippen LogP contribution >= 0.6 is 27.5 Å². The van der Waals surface area contributed by atoms with Gasteiger partial charge >= 0.3 is 0 Å². The summed E-state index contributed by atoms with van der Waals surface area (Å²) < 4.78 is 1.05. The van der Waals surface area contributed by atoms with Crippen LogP contribution in [0, 0.1) is 12.3 Å². The Balaban J connectivity index is 1.98. The molecule has 1 aliphatic carbocycles. The summed E-state index contributed by atoms with van der Waals surface area (Å²) in [5, 5.41) is 3.46. The Bertz CT molecular complexity index is 403. The molecular formula is C14H20BrClN2. The monoisotopic (exact) mass is 330 g/mol. The average Bonchev–Trinajstić information content (AvgIpc) is 2.41. The minimum absolute atomic E-state index is 0.266. The molecule has 0 radical (unpaired) electrons. The second-order valence-corrected chi connectivity index (χ2v) is 6.49. The molecular weight excluding hydrogens is 312 g/mol. The minimum Gasteiger partial charge on any atom is -0.369 e. The van der Waals surface area contributed by atoms with Crippen molar-refractivity contribution in [3.8, 4) is 0 Å². The third-order valence-electron chi connectivity index (χ3n) is 3.89. The first kappa shape index (κ1) is 14.1. The third kappa shape index (κ3) is 3.39. The van der Waals surface area contributed by atoms with E-state index in [0.717, 1.165) is 22.7 Å². The first-order chi connectivity index (χ1) is 8.65. The van der Waals surface area contributed by atoms with Gasteiger partial charge in [0, 0.05) is 28.5 Å². The quantitative estimate of drug-likeness (QED) is 0.805. The van der Waals surface area contributed by atoms with Crippen LogP contribution in [0.2, 0.25) is 0 Å². The molecule has 0 aromatic carbocycles. The van der Waals surface area contributed by atoms with Crippen LogP contribution in [0.5, 0.6) is 0 Å². The Kier molecular flexibility index (Phi) is 4.91. The van der Waals surface area contributed by atoms with Gasteiger partial charge in [-0.1, -0.05) is 19.3 Å². The maximum absolute atomic E-state index is 6.19. The van der Waals surface area contributed by atoms with E-state index >= 15 is 0 Å². The van der Waals surface area contributed by atoms with Crippen LogP contribution < -0.4 is 5.32 Å². The lowest BCUT2D eigenvalue weighted by molar-refractivity contribution is 0.238. The van der Waals surface area contributed by atoms with Gasteiger partial charge in [0.1, 0.15) is 5.82 Å². The van der Waals surface area contributed by atoms with Crippen molar-refractivity contribution in [3.63, 3.8) is 0 Å². The van der Waals surface area contributed by atoms with Gasteiger partial charge in [-0.25, -0.2) is 4.98 Å². The molecule has 4 heteroatoms. The van der Waals surface area contributed by atoms with Crippen LogP contribution in [0.15, 0.2) is 16.7 Å². The van der Waals surface area contributed by atoms with Crippen LogP contribution in [0.25, 0.3) is 0 Å². The first-order valence-electron chi connectivity index (χ1n) is 6.57. The van der Waals surface area contributed by atoms with E-state index in [1.807, 2.05) is 6.20 Å². The lowest BCUT2D eigenvalue weighted by Crippen LogP contribution is -2.34. The van der Waals surface area contributed by atoms with Crippen LogP contribution in [-0.4, -0.2) is 17.4 Å². The molecule has 0 aliphatic heterocycles. The largest absolute Gasteiger partial charge is 0.369 e. The molecule has 1 N–H and O–H groups in total. The fourth-order valence-corrected chi connectivity index (χ4v) is 3.15. The van der Waals surface area contributed by atoms with Crippen molar-refractivity contribution in [2.24, 2.45) is 5.41 Å². The topological polar surface area (TPSA) is 24.9 Å². The normalized spacial score (nSPS) is 18.6. The molecule has 1 heterocycles. The van der Waals surface area contributed by atoms with E-state index in [9.17, 15) is 0 Å². The molecule has 1 fully saturated rings. The van der Waals surface area contributed by atoms with Gasteiger partial charge in [0.25, 0.3) is 0 Å². The minimum atomic E-state index is 0.266. The van der Waals surface area contributed by atoms with E-state index in [2.05, 4.69) is 39.2 Å². The van der Waals surface area contributed by atoms with E-state index < -0.39 is 0 Å². The lowest BCUT2D eigenvalue weighted by atomic mass is 9.75. The van der Waals surface area contributed by atoms with Crippen LogP contribution in [-0.2, 0) is 0 Å². The first-order valence-corrected chi connectivity index (χ1v) is 7.90. The number of pyridine rings is 1. The van der Waals surface area contributed by atoms with Crippen LogP contribution in [0.1, 0.15) is 37.7 Å². The highest BCUT2D eigenvalue weighted by molar-refractivity contribution is 9.10. The summed E-state index contributed by atoms with van der Waals surface area (Å²) in [4.78, 5) is 4.39. The molecule has 0 amide bonds. The molecule has 1 aromatic heterocycles. The summed E-state index contributed by atoms with van der Waals surface area (Å²) in [6.07, 6.45) is 8.29. The second kappa shape index (κ2) is 6.25. The van der Waals surface area contributed by atoms with Gasteiger partial charge < -0.3 is 5.32 Å². The summed E-state index contributed by atoms with van der Waals surface area (Å²) in [6.45, 7) is 3.01. The van der Waals surface area contributed by atoms with Crippen LogP contribution in [0.4, 0.5) is 5.82 Å². The Hall–Kier alpha value is -0.280. The molecule has 2 nitrogen and oxygen atoms in total. The summed E-state index contributed by atoms with van der Waals surface area (Å²) in [5.41, 5.74) is 1.47. The third-order valence-corrected chi connectivity index (χ3v) is 5.29. The predicted molar refractivity (Wildman–Crippen MR) is 81.4 cm³/mol. The van der Waals surface area contributed by atoms with Crippen molar-refractivity contribution in [1.29, 1.82) is 0 Å². The van der Waals surface area contributed by atoms with Crippen molar-refractivity contribution < 1.29 is 0 Å². The summed E-state index contributed by atoms with van der Waals surface area (Å²) >= 11 is 9.66. The maximum atomic E-state index is 6.19. The molecule has 0 bridgehead atoms. The number of nitrogens with one attached hydrogen (secondary N) is 1. The number of aromatic nitrogens is 1. The molecule has 1 aliphatic rings. The van der Waals surface area contributed by atoms with E-state index in [0.29, 0.717) is 0 Å². The summed E-state index contributed by atoms with van der Waals surface area (Å²) in [7, 11) is 0. The Morgan fingerprint density at radius 1 is 1.39 bits per heavy atom. The van der Waals surface area contributed by atoms with Gasteiger partial charge in [-0.2, -0.15) is 0 Å². The molecule has 0 unspecified atom stereocenters. The highest BCUT2D eigenvalue weighted by atomic mass is 79.9. The van der Waals surface area contributed by atoms with Crippen molar-refractivity contribution in [2.75, 3.05) is 17.7 Å². The Labute approximate surface area is 123 Å². The van der Waals surface area contributed by atoms with Crippen LogP contribution in [0.3, 0.4) is 0 Å². The summed E-state index contributed by atoms with van der Waals surface area (Å²) in [5.74, 6) is 1.70. The number of rotatable bonds is 4. The number of halogens is 2. The van der Waals surface area contributed by atoms with Crippen molar-refractivity contribution in [3.05, 3.63) is 22.3 Å². The van der Waals surface area contributed by atoms with E-state index in [1.165, 1.54) is 37.7 Å². The van der Waals surface area contributed by atoms with Gasteiger partial charge in [-0.05, 0) is 47.3 Å². The van der Waals surface area contributed by atoms with Gasteiger partial charge in [0.05, 0.1) is 0 Å². The molecule has 100 valence electrons. The molecule has 2 rings (SSSR count). The number of aryl methyl sites for hydroxylation is 1. The average molecular weight is 332 g/mol. The van der Waals surface area contributed by atoms with Crippen molar-refractivity contribution in [1.82, 2.24) is 4.98 Å².